The number of ether oxygens (including phenoxy) is 2. The van der Waals surface area contributed by atoms with Crippen LogP contribution in [0.4, 0.5) is 0 Å². The van der Waals surface area contributed by atoms with Gasteiger partial charge in [-0.15, -0.1) is 0 Å². The molecule has 26 heavy (non-hydrogen) atoms. The first-order valence-electron chi connectivity index (χ1n) is 9.58. The highest BCUT2D eigenvalue weighted by molar-refractivity contribution is 5.78. The molecule has 0 aliphatic heterocycles. The number of rotatable bonds is 10. The zero-order chi connectivity index (χ0) is 18.9. The number of likely N-dealkylation sites (N-methyl/N-ethyl adjacent to an activating group) is 1. The van der Waals surface area contributed by atoms with Crippen molar-refractivity contribution in [2.75, 3.05) is 33.4 Å². The van der Waals surface area contributed by atoms with E-state index in [-0.39, 0.29) is 18.1 Å². The van der Waals surface area contributed by atoms with Gasteiger partial charge in [0.05, 0.1) is 25.9 Å². The van der Waals surface area contributed by atoms with E-state index in [0.717, 1.165) is 42.7 Å². The fraction of sp³-hybridized carbons (Fsp3) is 0.650. The Balaban J connectivity index is 1.79. The van der Waals surface area contributed by atoms with Crippen LogP contribution in [0.25, 0.3) is 0 Å². The fourth-order valence-corrected chi connectivity index (χ4v) is 3.43. The van der Waals surface area contributed by atoms with Gasteiger partial charge in [0.2, 0.25) is 5.91 Å². The molecule has 146 valence electrons. The van der Waals surface area contributed by atoms with Crippen LogP contribution in [0, 0.1) is 0 Å². The number of carbonyl (C=O) groups excluding carboxylic acids is 1. The van der Waals surface area contributed by atoms with E-state index in [1.165, 1.54) is 0 Å². The molecule has 1 fully saturated rings. The van der Waals surface area contributed by atoms with Crippen LogP contribution >= 0.6 is 0 Å². The Kier molecular flexibility index (Phi) is 8.19. The first-order chi connectivity index (χ1) is 12.5. The Hall–Kier alpha value is -1.79. The maximum Gasteiger partial charge on any atom is 0.234 e. The fourth-order valence-electron chi connectivity index (χ4n) is 3.43. The molecule has 0 bridgehead atoms. The molecule has 1 aromatic carbocycles. The predicted molar refractivity (Wildman–Crippen MR) is 102 cm³/mol. The molecule has 1 amide bonds. The summed E-state index contributed by atoms with van der Waals surface area (Å²) in [6.07, 6.45) is 3.23. The summed E-state index contributed by atoms with van der Waals surface area (Å²) in [6.45, 7) is 5.95. The molecule has 0 saturated heterocycles. The molecule has 0 unspecified atom stereocenters. The summed E-state index contributed by atoms with van der Waals surface area (Å²) >= 11 is 0. The number of nitrogens with one attached hydrogen (secondary N) is 1. The molecule has 2 rings (SSSR count). The van der Waals surface area contributed by atoms with E-state index >= 15 is 0 Å². The zero-order valence-corrected chi connectivity index (χ0v) is 16.2. The Bertz CT molecular complexity index is 579. The van der Waals surface area contributed by atoms with Crippen molar-refractivity contribution in [1.29, 1.82) is 0 Å². The number of hydrogen-bond donors (Lipinski definition) is 2. The lowest BCUT2D eigenvalue weighted by atomic mass is 10.1. The molecule has 1 saturated carbocycles. The largest absolute Gasteiger partial charge is 0.490 e. The molecule has 0 heterocycles. The standard InChI is InChI=1S/C20H32N2O4/c1-4-25-18-10-9-15(13-19(18)26-5-2)11-12-21-20(24)14-22(3)16-7-6-8-17(16)23/h9-10,13,16-17,23H,4-8,11-12,14H2,1-3H3,(H,21,24)/t16-,17-/m1/s1. The van der Waals surface area contributed by atoms with Gasteiger partial charge >= 0.3 is 0 Å². The number of nitrogens with zero attached hydrogens (tertiary/aromatic N) is 1. The number of amides is 1. The monoisotopic (exact) mass is 364 g/mol. The van der Waals surface area contributed by atoms with Crippen LogP contribution in [-0.4, -0.2) is 61.4 Å². The quantitative estimate of drug-likeness (QED) is 0.664. The number of benzene rings is 1. The SMILES string of the molecule is CCOc1ccc(CCNC(=O)CN(C)[C@@H]2CCC[C@H]2O)cc1OCC. The van der Waals surface area contributed by atoms with E-state index in [4.69, 9.17) is 9.47 Å². The third-order valence-electron chi connectivity index (χ3n) is 4.75. The summed E-state index contributed by atoms with van der Waals surface area (Å²) in [5.41, 5.74) is 1.09. The molecule has 2 N–H and O–H groups in total. The van der Waals surface area contributed by atoms with Crippen LogP contribution < -0.4 is 14.8 Å². The molecule has 1 aromatic rings. The highest BCUT2D eigenvalue weighted by Gasteiger charge is 2.29. The number of aliphatic hydroxyl groups excluding tert-OH is 1. The normalized spacial score (nSPS) is 19.6. The first kappa shape index (κ1) is 20.5. The highest BCUT2D eigenvalue weighted by atomic mass is 16.5. The lowest BCUT2D eigenvalue weighted by molar-refractivity contribution is -0.122. The summed E-state index contributed by atoms with van der Waals surface area (Å²) in [7, 11) is 1.90. The van der Waals surface area contributed by atoms with Crippen LogP contribution in [0.1, 0.15) is 38.7 Å². The predicted octanol–water partition coefficient (Wildman–Crippen LogP) is 1.99. The molecule has 0 aromatic heterocycles. The summed E-state index contributed by atoms with van der Waals surface area (Å²) in [6, 6.07) is 5.99. The first-order valence-corrected chi connectivity index (χ1v) is 9.58. The lowest BCUT2D eigenvalue weighted by Gasteiger charge is -2.26. The van der Waals surface area contributed by atoms with Crippen molar-refractivity contribution in [3.8, 4) is 11.5 Å². The molecular formula is C20H32N2O4. The van der Waals surface area contributed by atoms with Gasteiger partial charge in [-0.2, -0.15) is 0 Å². The smallest absolute Gasteiger partial charge is 0.234 e. The van der Waals surface area contributed by atoms with Crippen molar-refractivity contribution >= 4 is 5.91 Å². The van der Waals surface area contributed by atoms with Gasteiger partial charge in [-0.25, -0.2) is 0 Å². The number of hydrogen-bond acceptors (Lipinski definition) is 5. The van der Waals surface area contributed by atoms with Crippen LogP contribution in [0.15, 0.2) is 18.2 Å². The van der Waals surface area contributed by atoms with Crippen LogP contribution in [0.5, 0.6) is 11.5 Å². The second-order valence-corrected chi connectivity index (χ2v) is 6.73. The van der Waals surface area contributed by atoms with Crippen molar-refractivity contribution in [2.45, 2.75) is 51.7 Å². The van der Waals surface area contributed by atoms with Gasteiger partial charge < -0.3 is 19.9 Å². The van der Waals surface area contributed by atoms with E-state index in [9.17, 15) is 9.90 Å². The maximum absolute atomic E-state index is 12.1. The topological polar surface area (TPSA) is 71.0 Å². The minimum Gasteiger partial charge on any atom is -0.490 e. The Morgan fingerprint density at radius 1 is 1.23 bits per heavy atom. The van der Waals surface area contributed by atoms with Crippen LogP contribution in [0.3, 0.4) is 0 Å². The van der Waals surface area contributed by atoms with Gasteiger partial charge in [0.1, 0.15) is 0 Å². The van der Waals surface area contributed by atoms with Gasteiger partial charge in [-0.05, 0) is 64.3 Å². The molecule has 1 aliphatic carbocycles. The summed E-state index contributed by atoms with van der Waals surface area (Å²) in [4.78, 5) is 14.1. The van der Waals surface area contributed by atoms with Crippen LogP contribution in [0.2, 0.25) is 0 Å². The molecule has 6 heteroatoms. The van der Waals surface area contributed by atoms with Gasteiger partial charge in [-0.1, -0.05) is 6.07 Å². The maximum atomic E-state index is 12.1. The zero-order valence-electron chi connectivity index (χ0n) is 16.2. The summed E-state index contributed by atoms with van der Waals surface area (Å²) < 4.78 is 11.2. The average Bonchev–Trinajstić information content (AvgIpc) is 3.03. The van der Waals surface area contributed by atoms with Crippen molar-refractivity contribution in [2.24, 2.45) is 0 Å². The minimum atomic E-state index is -0.311. The van der Waals surface area contributed by atoms with Crippen molar-refractivity contribution in [3.63, 3.8) is 0 Å². The lowest BCUT2D eigenvalue weighted by Crippen LogP contribution is -2.44. The molecule has 2 atom stereocenters. The van der Waals surface area contributed by atoms with Gasteiger partial charge in [0.15, 0.2) is 11.5 Å². The molecular weight excluding hydrogens is 332 g/mol. The van der Waals surface area contributed by atoms with E-state index in [2.05, 4.69) is 5.32 Å². The number of aliphatic hydroxyl groups is 1. The third kappa shape index (κ3) is 5.88. The molecule has 6 nitrogen and oxygen atoms in total. The van der Waals surface area contributed by atoms with E-state index in [1.54, 1.807) is 0 Å². The van der Waals surface area contributed by atoms with Crippen molar-refractivity contribution in [1.82, 2.24) is 10.2 Å². The Morgan fingerprint density at radius 2 is 1.96 bits per heavy atom. The highest BCUT2D eigenvalue weighted by Crippen LogP contribution is 2.28. The van der Waals surface area contributed by atoms with Crippen molar-refractivity contribution in [3.05, 3.63) is 23.8 Å². The average molecular weight is 364 g/mol. The minimum absolute atomic E-state index is 0.0115. The Labute approximate surface area is 156 Å². The molecule has 0 radical (unpaired) electrons. The summed E-state index contributed by atoms with van der Waals surface area (Å²) in [5.74, 6) is 1.48. The van der Waals surface area contributed by atoms with Crippen molar-refractivity contribution < 1.29 is 19.4 Å². The van der Waals surface area contributed by atoms with Gasteiger partial charge in [-0.3, -0.25) is 9.69 Å². The van der Waals surface area contributed by atoms with Crippen LogP contribution in [-0.2, 0) is 11.2 Å². The van der Waals surface area contributed by atoms with E-state index < -0.39 is 0 Å². The summed E-state index contributed by atoms with van der Waals surface area (Å²) in [5, 5.41) is 12.9. The second kappa shape index (κ2) is 10.4. The Morgan fingerprint density at radius 3 is 2.62 bits per heavy atom. The van der Waals surface area contributed by atoms with Gasteiger partial charge in [0, 0.05) is 12.6 Å². The van der Waals surface area contributed by atoms with E-state index in [1.807, 2.05) is 44.0 Å². The third-order valence-corrected chi connectivity index (χ3v) is 4.75. The molecule has 0 spiro atoms. The van der Waals surface area contributed by atoms with E-state index in [0.29, 0.717) is 26.3 Å². The number of carbonyl (C=O) groups is 1. The van der Waals surface area contributed by atoms with Gasteiger partial charge in [0.25, 0.3) is 0 Å². The second-order valence-electron chi connectivity index (χ2n) is 6.73. The molecule has 1 aliphatic rings.